The number of hydrogen-bond acceptors (Lipinski definition) is 5. The van der Waals surface area contributed by atoms with E-state index in [1.165, 1.54) is 12.1 Å². The van der Waals surface area contributed by atoms with Crippen LogP contribution >= 0.6 is 12.4 Å². The largest absolute Gasteiger partial charge is 0.478 e. The number of anilines is 2. The van der Waals surface area contributed by atoms with Gasteiger partial charge in [-0.1, -0.05) is 18.2 Å². The van der Waals surface area contributed by atoms with E-state index in [0.717, 1.165) is 0 Å². The van der Waals surface area contributed by atoms with E-state index in [1.54, 1.807) is 18.2 Å². The molecular formula is C11H11ClN4O2. The third-order valence-electron chi connectivity index (χ3n) is 2.20. The lowest BCUT2D eigenvalue weighted by Gasteiger charge is -2.06. The number of carboxylic acids is 1. The van der Waals surface area contributed by atoms with Crippen LogP contribution in [0.5, 0.6) is 0 Å². The van der Waals surface area contributed by atoms with Crippen molar-refractivity contribution in [2.24, 2.45) is 0 Å². The third kappa shape index (κ3) is 2.67. The van der Waals surface area contributed by atoms with Crippen LogP contribution in [0.3, 0.4) is 0 Å². The molecule has 0 saturated carbocycles. The zero-order valence-corrected chi connectivity index (χ0v) is 10.0. The van der Waals surface area contributed by atoms with Crippen LogP contribution in [0.15, 0.2) is 30.3 Å². The van der Waals surface area contributed by atoms with E-state index in [4.69, 9.17) is 16.6 Å². The van der Waals surface area contributed by atoms with Gasteiger partial charge >= 0.3 is 5.97 Å². The first kappa shape index (κ1) is 13.7. The molecule has 0 fully saturated rings. The minimum atomic E-state index is -1.03. The van der Waals surface area contributed by atoms with Crippen molar-refractivity contribution in [2.45, 2.75) is 0 Å². The maximum absolute atomic E-state index is 11.1. The molecule has 94 valence electrons. The minimum absolute atomic E-state index is 0. The van der Waals surface area contributed by atoms with E-state index in [-0.39, 0.29) is 29.7 Å². The lowest BCUT2D eigenvalue weighted by atomic mass is 10.0. The molecule has 0 aliphatic heterocycles. The van der Waals surface area contributed by atoms with Crippen molar-refractivity contribution >= 4 is 30.1 Å². The van der Waals surface area contributed by atoms with Crippen molar-refractivity contribution in [2.75, 3.05) is 11.5 Å². The van der Waals surface area contributed by atoms with Gasteiger partial charge in [-0.3, -0.25) is 0 Å². The van der Waals surface area contributed by atoms with Gasteiger partial charge in [-0.15, -0.1) is 12.4 Å². The summed E-state index contributed by atoms with van der Waals surface area (Å²) in [5, 5.41) is 9.06. The second kappa shape index (κ2) is 5.33. The number of nitrogens with two attached hydrogens (primary N) is 2. The van der Waals surface area contributed by atoms with E-state index in [9.17, 15) is 4.79 Å². The van der Waals surface area contributed by atoms with Crippen LogP contribution in [0.4, 0.5) is 11.8 Å². The molecule has 0 unspecified atom stereocenters. The summed E-state index contributed by atoms with van der Waals surface area (Å²) in [5.41, 5.74) is 12.0. The Labute approximate surface area is 109 Å². The van der Waals surface area contributed by atoms with Gasteiger partial charge in [-0.2, -0.15) is 4.98 Å². The first-order chi connectivity index (χ1) is 8.08. The molecule has 0 atom stereocenters. The van der Waals surface area contributed by atoms with Crippen LogP contribution in [-0.4, -0.2) is 21.0 Å². The summed E-state index contributed by atoms with van der Waals surface area (Å²) in [4.78, 5) is 18.8. The van der Waals surface area contributed by atoms with Gasteiger partial charge in [-0.05, 0) is 6.07 Å². The highest BCUT2D eigenvalue weighted by atomic mass is 35.5. The summed E-state index contributed by atoms with van der Waals surface area (Å²) < 4.78 is 0. The molecule has 18 heavy (non-hydrogen) atoms. The standard InChI is InChI=1S/C11H10N4O2.ClH/c12-9-5-8(14-11(13)15-9)6-3-1-2-4-7(6)10(16)17;/h1-5H,(H,16,17)(H4,12,13,14,15);1H. The fraction of sp³-hybridized carbons (Fsp3) is 0. The molecule has 0 radical (unpaired) electrons. The molecule has 0 bridgehead atoms. The van der Waals surface area contributed by atoms with E-state index >= 15 is 0 Å². The third-order valence-corrected chi connectivity index (χ3v) is 2.20. The van der Waals surface area contributed by atoms with Gasteiger partial charge in [0.25, 0.3) is 0 Å². The monoisotopic (exact) mass is 266 g/mol. The zero-order valence-electron chi connectivity index (χ0n) is 9.20. The summed E-state index contributed by atoms with van der Waals surface area (Å²) >= 11 is 0. The number of aromatic carboxylic acids is 1. The summed E-state index contributed by atoms with van der Waals surface area (Å²) in [6, 6.07) is 7.98. The van der Waals surface area contributed by atoms with Gasteiger partial charge in [0, 0.05) is 11.6 Å². The summed E-state index contributed by atoms with van der Waals surface area (Å²) in [5.74, 6) is -0.816. The topological polar surface area (TPSA) is 115 Å². The Morgan fingerprint density at radius 3 is 2.44 bits per heavy atom. The van der Waals surface area contributed by atoms with E-state index in [0.29, 0.717) is 11.3 Å². The lowest BCUT2D eigenvalue weighted by molar-refractivity contribution is 0.0697. The fourth-order valence-electron chi connectivity index (χ4n) is 1.52. The molecule has 0 spiro atoms. The number of carboxylic acid groups (broad SMARTS) is 1. The Morgan fingerprint density at radius 2 is 1.83 bits per heavy atom. The molecule has 5 N–H and O–H groups in total. The van der Waals surface area contributed by atoms with Crippen LogP contribution in [0, 0.1) is 0 Å². The fourth-order valence-corrected chi connectivity index (χ4v) is 1.52. The van der Waals surface area contributed by atoms with Crippen molar-refractivity contribution in [3.05, 3.63) is 35.9 Å². The molecular weight excluding hydrogens is 256 g/mol. The van der Waals surface area contributed by atoms with Crippen LogP contribution in [0.1, 0.15) is 10.4 Å². The van der Waals surface area contributed by atoms with Gasteiger partial charge in [0.2, 0.25) is 5.95 Å². The second-order valence-electron chi connectivity index (χ2n) is 3.39. The normalized spacial score (nSPS) is 9.56. The Kier molecular flexibility index (Phi) is 4.06. The molecule has 0 saturated heterocycles. The number of aromatic nitrogens is 2. The average Bonchev–Trinajstić information content (AvgIpc) is 2.27. The van der Waals surface area contributed by atoms with Gasteiger partial charge in [0.1, 0.15) is 5.82 Å². The van der Waals surface area contributed by atoms with Crippen molar-refractivity contribution in [3.8, 4) is 11.3 Å². The lowest BCUT2D eigenvalue weighted by Crippen LogP contribution is -2.04. The van der Waals surface area contributed by atoms with Crippen molar-refractivity contribution in [1.82, 2.24) is 9.97 Å². The van der Waals surface area contributed by atoms with Crippen LogP contribution < -0.4 is 11.5 Å². The molecule has 7 heteroatoms. The van der Waals surface area contributed by atoms with E-state index in [2.05, 4.69) is 9.97 Å². The van der Waals surface area contributed by atoms with Gasteiger partial charge < -0.3 is 16.6 Å². The first-order valence-corrected chi connectivity index (χ1v) is 4.80. The maximum atomic E-state index is 11.1. The average molecular weight is 267 g/mol. The van der Waals surface area contributed by atoms with Crippen molar-refractivity contribution < 1.29 is 9.90 Å². The number of carbonyl (C=O) groups is 1. The van der Waals surface area contributed by atoms with Crippen molar-refractivity contribution in [1.29, 1.82) is 0 Å². The molecule has 6 nitrogen and oxygen atoms in total. The number of nitrogen functional groups attached to an aromatic ring is 2. The molecule has 1 heterocycles. The number of benzene rings is 1. The van der Waals surface area contributed by atoms with Crippen LogP contribution in [0.25, 0.3) is 11.3 Å². The summed E-state index contributed by atoms with van der Waals surface area (Å²) in [6.07, 6.45) is 0. The molecule has 2 rings (SSSR count). The molecule has 0 amide bonds. The number of halogens is 1. The Hall–Kier alpha value is -2.34. The number of nitrogens with zero attached hydrogens (tertiary/aromatic N) is 2. The highest BCUT2D eigenvalue weighted by Gasteiger charge is 2.12. The molecule has 0 aliphatic rings. The van der Waals surface area contributed by atoms with Crippen LogP contribution in [-0.2, 0) is 0 Å². The molecule has 2 aromatic rings. The van der Waals surface area contributed by atoms with E-state index in [1.807, 2.05) is 0 Å². The minimum Gasteiger partial charge on any atom is -0.478 e. The number of rotatable bonds is 2. The predicted molar refractivity (Wildman–Crippen MR) is 70.5 cm³/mol. The Morgan fingerprint density at radius 1 is 1.17 bits per heavy atom. The summed E-state index contributed by atoms with van der Waals surface area (Å²) in [7, 11) is 0. The Bertz CT molecular complexity index is 569. The first-order valence-electron chi connectivity index (χ1n) is 4.80. The molecule has 0 aliphatic carbocycles. The van der Waals surface area contributed by atoms with E-state index < -0.39 is 5.97 Å². The SMILES string of the molecule is Cl.Nc1cc(-c2ccccc2C(=O)O)nc(N)n1. The maximum Gasteiger partial charge on any atom is 0.336 e. The van der Waals surface area contributed by atoms with Gasteiger partial charge in [-0.25, -0.2) is 9.78 Å². The second-order valence-corrected chi connectivity index (χ2v) is 3.39. The smallest absolute Gasteiger partial charge is 0.336 e. The summed E-state index contributed by atoms with van der Waals surface area (Å²) in [6.45, 7) is 0. The van der Waals surface area contributed by atoms with Gasteiger partial charge in [0.15, 0.2) is 0 Å². The molecule has 1 aromatic heterocycles. The zero-order chi connectivity index (χ0) is 12.4. The van der Waals surface area contributed by atoms with Crippen LogP contribution in [0.2, 0.25) is 0 Å². The number of hydrogen-bond donors (Lipinski definition) is 3. The highest BCUT2D eigenvalue weighted by Crippen LogP contribution is 2.23. The van der Waals surface area contributed by atoms with Gasteiger partial charge in [0.05, 0.1) is 11.3 Å². The Balaban J connectivity index is 0.00000162. The highest BCUT2D eigenvalue weighted by molar-refractivity contribution is 5.95. The quantitative estimate of drug-likeness (QED) is 0.757. The van der Waals surface area contributed by atoms with Crippen molar-refractivity contribution in [3.63, 3.8) is 0 Å². The molecule has 1 aromatic carbocycles. The predicted octanol–water partition coefficient (Wildman–Crippen LogP) is 1.43.